The number of nitrogens with zero attached hydrogens (tertiary/aromatic N) is 3. The fourth-order valence-electron chi connectivity index (χ4n) is 3.31. The summed E-state index contributed by atoms with van der Waals surface area (Å²) in [7, 11) is 0. The van der Waals surface area contributed by atoms with Crippen LogP contribution in [0.3, 0.4) is 0 Å². The molecule has 1 aromatic heterocycles. The molecule has 0 unspecified atom stereocenters. The molecule has 5 rings (SSSR count). The molecule has 0 saturated carbocycles. The number of ether oxygens (including phenoxy) is 2. The highest BCUT2D eigenvalue weighted by Gasteiger charge is 2.19. The lowest BCUT2D eigenvalue weighted by molar-refractivity contribution is 0.174. The fraction of sp³-hybridized carbons (Fsp3) is 0.0435. The van der Waals surface area contributed by atoms with Crippen LogP contribution in [0.1, 0.15) is 5.56 Å². The molecule has 1 aliphatic heterocycles. The van der Waals surface area contributed by atoms with Crippen molar-refractivity contribution < 1.29 is 13.9 Å². The van der Waals surface area contributed by atoms with E-state index in [1.165, 1.54) is 6.07 Å². The first-order chi connectivity index (χ1) is 14.2. The van der Waals surface area contributed by atoms with Gasteiger partial charge < -0.3 is 9.47 Å². The summed E-state index contributed by atoms with van der Waals surface area (Å²) in [5.74, 6) is 0.957. The van der Waals surface area contributed by atoms with Crippen molar-refractivity contribution >= 4 is 0 Å². The molecule has 0 radical (unpaired) electrons. The zero-order valence-corrected chi connectivity index (χ0v) is 15.2. The van der Waals surface area contributed by atoms with Gasteiger partial charge in [0.15, 0.2) is 11.5 Å². The molecule has 0 spiro atoms. The maximum Gasteiger partial charge on any atom is 0.231 e. The maximum atomic E-state index is 14.6. The average molecular weight is 383 g/mol. The van der Waals surface area contributed by atoms with Crippen molar-refractivity contribution in [1.29, 1.82) is 5.26 Å². The molecule has 0 atom stereocenters. The molecule has 1 aliphatic rings. The van der Waals surface area contributed by atoms with E-state index in [0.717, 1.165) is 11.3 Å². The molecule has 4 aromatic rings. The molecule has 3 aromatic carbocycles. The fourth-order valence-corrected chi connectivity index (χ4v) is 3.31. The van der Waals surface area contributed by atoms with Crippen molar-refractivity contribution in [2.24, 2.45) is 0 Å². The number of hydrogen-bond acceptors (Lipinski definition) is 4. The first-order valence-electron chi connectivity index (χ1n) is 8.98. The first-order valence-corrected chi connectivity index (χ1v) is 8.98. The van der Waals surface area contributed by atoms with Crippen molar-refractivity contribution in [1.82, 2.24) is 9.78 Å². The molecule has 29 heavy (non-hydrogen) atoms. The second-order valence-corrected chi connectivity index (χ2v) is 6.53. The lowest BCUT2D eigenvalue weighted by atomic mass is 10.1. The molecule has 2 heterocycles. The Hall–Kier alpha value is -4.11. The Morgan fingerprint density at radius 3 is 2.52 bits per heavy atom. The molecule has 5 nitrogen and oxygen atoms in total. The monoisotopic (exact) mass is 383 g/mol. The first kappa shape index (κ1) is 17.0. The van der Waals surface area contributed by atoms with Gasteiger partial charge in [-0.3, -0.25) is 0 Å². The van der Waals surface area contributed by atoms with Crippen molar-refractivity contribution in [3.63, 3.8) is 0 Å². The summed E-state index contributed by atoms with van der Waals surface area (Å²) in [6.45, 7) is 0.175. The van der Waals surface area contributed by atoms with Crippen LogP contribution in [0.4, 0.5) is 4.39 Å². The Kier molecular flexibility index (Phi) is 3.99. The molecule has 0 saturated heterocycles. The number of aromatic nitrogens is 2. The molecular formula is C23H14FN3O2. The van der Waals surface area contributed by atoms with Gasteiger partial charge in [-0.15, -0.1) is 0 Å². The van der Waals surface area contributed by atoms with E-state index in [1.807, 2.05) is 36.4 Å². The molecule has 0 amide bonds. The van der Waals surface area contributed by atoms with Crippen LogP contribution in [0.15, 0.2) is 72.8 Å². The standard InChI is InChI=1S/C23H14FN3O2/c24-19-4-2-1-3-18(19)21-12-20(16-7-5-15(13-25)6-8-16)26-27(21)17-9-10-22-23(11-17)29-14-28-22/h1-12H,14H2. The van der Waals surface area contributed by atoms with Crippen LogP contribution in [-0.2, 0) is 0 Å². The maximum absolute atomic E-state index is 14.6. The van der Waals surface area contributed by atoms with Crippen LogP contribution in [0.2, 0.25) is 0 Å². The van der Waals surface area contributed by atoms with Gasteiger partial charge in [0.25, 0.3) is 0 Å². The summed E-state index contributed by atoms with van der Waals surface area (Å²) in [6, 6.07) is 23.1. The van der Waals surface area contributed by atoms with Crippen LogP contribution in [0, 0.1) is 17.1 Å². The molecule has 0 aliphatic carbocycles. The Balaban J connectivity index is 1.69. The smallest absolute Gasteiger partial charge is 0.231 e. The molecule has 0 fully saturated rings. The predicted molar refractivity (Wildman–Crippen MR) is 105 cm³/mol. The highest BCUT2D eigenvalue weighted by atomic mass is 19.1. The van der Waals surface area contributed by atoms with Crippen molar-refractivity contribution in [3.05, 3.63) is 84.2 Å². The number of halogens is 1. The van der Waals surface area contributed by atoms with Gasteiger partial charge in [0.05, 0.1) is 28.7 Å². The molecule has 6 heteroatoms. The van der Waals surface area contributed by atoms with E-state index in [4.69, 9.17) is 19.8 Å². The summed E-state index contributed by atoms with van der Waals surface area (Å²) < 4.78 is 27.1. The van der Waals surface area contributed by atoms with Crippen LogP contribution >= 0.6 is 0 Å². The minimum atomic E-state index is -0.333. The van der Waals surface area contributed by atoms with Crippen LogP contribution in [-0.4, -0.2) is 16.6 Å². The SMILES string of the molecule is N#Cc1ccc(-c2cc(-c3ccccc3F)n(-c3ccc4c(c3)OCO4)n2)cc1. The zero-order chi connectivity index (χ0) is 19.8. The van der Waals surface area contributed by atoms with E-state index in [1.54, 1.807) is 35.0 Å². The second-order valence-electron chi connectivity index (χ2n) is 6.53. The van der Waals surface area contributed by atoms with Crippen LogP contribution in [0.5, 0.6) is 11.5 Å². The highest BCUT2D eigenvalue weighted by molar-refractivity contribution is 5.71. The summed E-state index contributed by atoms with van der Waals surface area (Å²) in [6.07, 6.45) is 0. The van der Waals surface area contributed by atoms with Gasteiger partial charge in [0.1, 0.15) is 5.82 Å². The summed E-state index contributed by atoms with van der Waals surface area (Å²) in [5.41, 5.74) is 3.86. The van der Waals surface area contributed by atoms with E-state index >= 15 is 0 Å². The zero-order valence-electron chi connectivity index (χ0n) is 15.2. The normalized spacial score (nSPS) is 12.0. The number of hydrogen-bond donors (Lipinski definition) is 0. The van der Waals surface area contributed by atoms with E-state index in [-0.39, 0.29) is 12.6 Å². The third kappa shape index (κ3) is 2.99. The quantitative estimate of drug-likeness (QED) is 0.502. The summed E-state index contributed by atoms with van der Waals surface area (Å²) in [5, 5.41) is 13.7. The number of benzene rings is 3. The molecule has 140 valence electrons. The second kappa shape index (κ2) is 6.80. The number of nitriles is 1. The number of rotatable bonds is 3. The largest absolute Gasteiger partial charge is 0.454 e. The van der Waals surface area contributed by atoms with Gasteiger partial charge in [0, 0.05) is 17.2 Å². The van der Waals surface area contributed by atoms with E-state index < -0.39 is 0 Å². The van der Waals surface area contributed by atoms with Gasteiger partial charge in [0.2, 0.25) is 6.79 Å². The average Bonchev–Trinajstić information content (AvgIpc) is 3.41. The molecule has 0 N–H and O–H groups in total. The predicted octanol–water partition coefficient (Wildman–Crippen LogP) is 4.95. The van der Waals surface area contributed by atoms with Crippen molar-refractivity contribution in [2.45, 2.75) is 0 Å². The molecular weight excluding hydrogens is 369 g/mol. The Morgan fingerprint density at radius 1 is 0.931 bits per heavy atom. The lowest BCUT2D eigenvalue weighted by Crippen LogP contribution is -2.00. The third-order valence-corrected chi connectivity index (χ3v) is 4.77. The van der Waals surface area contributed by atoms with Gasteiger partial charge >= 0.3 is 0 Å². The van der Waals surface area contributed by atoms with E-state index in [0.29, 0.717) is 34.0 Å². The van der Waals surface area contributed by atoms with Gasteiger partial charge in [-0.05, 0) is 42.5 Å². The minimum absolute atomic E-state index is 0.175. The highest BCUT2D eigenvalue weighted by Crippen LogP contribution is 2.36. The van der Waals surface area contributed by atoms with Crippen LogP contribution in [0.25, 0.3) is 28.2 Å². The number of fused-ring (bicyclic) bond motifs is 1. The van der Waals surface area contributed by atoms with Gasteiger partial charge in [-0.1, -0.05) is 24.3 Å². The Labute approximate surface area is 166 Å². The van der Waals surface area contributed by atoms with Gasteiger partial charge in [-0.25, -0.2) is 9.07 Å². The van der Waals surface area contributed by atoms with Crippen LogP contribution < -0.4 is 9.47 Å². The third-order valence-electron chi connectivity index (χ3n) is 4.77. The van der Waals surface area contributed by atoms with Crippen molar-refractivity contribution in [3.8, 4) is 45.8 Å². The Bertz CT molecular complexity index is 1260. The molecule has 0 bridgehead atoms. The van der Waals surface area contributed by atoms with E-state index in [9.17, 15) is 4.39 Å². The lowest BCUT2D eigenvalue weighted by Gasteiger charge is -2.09. The van der Waals surface area contributed by atoms with E-state index in [2.05, 4.69) is 6.07 Å². The minimum Gasteiger partial charge on any atom is -0.454 e. The summed E-state index contributed by atoms with van der Waals surface area (Å²) in [4.78, 5) is 0. The van der Waals surface area contributed by atoms with Gasteiger partial charge in [-0.2, -0.15) is 10.4 Å². The topological polar surface area (TPSA) is 60.1 Å². The van der Waals surface area contributed by atoms with Crippen molar-refractivity contribution in [2.75, 3.05) is 6.79 Å². The Morgan fingerprint density at radius 2 is 1.72 bits per heavy atom. The summed E-state index contributed by atoms with van der Waals surface area (Å²) >= 11 is 0.